The van der Waals surface area contributed by atoms with Crippen LogP contribution in [0.3, 0.4) is 0 Å². The van der Waals surface area contributed by atoms with E-state index in [0.717, 1.165) is 18.7 Å². The SMILES string of the molecule is CCc1ccc(OC=O)c(N(C)CC)c1. The minimum absolute atomic E-state index is 0.466. The van der Waals surface area contributed by atoms with Gasteiger partial charge in [0.1, 0.15) is 0 Å². The zero-order chi connectivity index (χ0) is 11.3. The first kappa shape index (κ1) is 11.6. The van der Waals surface area contributed by atoms with Crippen molar-refractivity contribution in [1.29, 1.82) is 0 Å². The minimum Gasteiger partial charge on any atom is -0.427 e. The van der Waals surface area contributed by atoms with Crippen LogP contribution in [0.5, 0.6) is 5.75 Å². The number of hydrogen-bond donors (Lipinski definition) is 0. The quantitative estimate of drug-likeness (QED) is 0.693. The van der Waals surface area contributed by atoms with Crippen molar-refractivity contribution in [2.24, 2.45) is 0 Å². The molecule has 0 atom stereocenters. The van der Waals surface area contributed by atoms with Crippen LogP contribution in [0, 0.1) is 0 Å². The topological polar surface area (TPSA) is 29.5 Å². The molecular formula is C12H17NO2. The van der Waals surface area contributed by atoms with Crippen molar-refractivity contribution in [3.63, 3.8) is 0 Å². The Morgan fingerprint density at radius 1 is 1.40 bits per heavy atom. The summed E-state index contributed by atoms with van der Waals surface area (Å²) in [5.74, 6) is 0.617. The molecule has 1 aromatic rings. The minimum atomic E-state index is 0.466. The lowest BCUT2D eigenvalue weighted by Crippen LogP contribution is -2.17. The average Bonchev–Trinajstić information content (AvgIpc) is 2.29. The number of aryl methyl sites for hydroxylation is 1. The van der Waals surface area contributed by atoms with Crippen LogP contribution < -0.4 is 9.64 Å². The number of nitrogens with zero attached hydrogens (tertiary/aromatic N) is 1. The van der Waals surface area contributed by atoms with Gasteiger partial charge in [-0.3, -0.25) is 4.79 Å². The molecule has 0 N–H and O–H groups in total. The Morgan fingerprint density at radius 2 is 2.13 bits per heavy atom. The van der Waals surface area contributed by atoms with Crippen molar-refractivity contribution >= 4 is 12.2 Å². The maximum Gasteiger partial charge on any atom is 0.298 e. The fourth-order valence-corrected chi connectivity index (χ4v) is 1.40. The van der Waals surface area contributed by atoms with Gasteiger partial charge in [0, 0.05) is 13.6 Å². The van der Waals surface area contributed by atoms with Crippen LogP contribution in [0.4, 0.5) is 5.69 Å². The van der Waals surface area contributed by atoms with E-state index in [1.165, 1.54) is 5.56 Å². The van der Waals surface area contributed by atoms with Crippen LogP contribution in [-0.4, -0.2) is 20.1 Å². The van der Waals surface area contributed by atoms with Crippen LogP contribution in [0.15, 0.2) is 18.2 Å². The van der Waals surface area contributed by atoms with Crippen molar-refractivity contribution in [1.82, 2.24) is 0 Å². The Hall–Kier alpha value is -1.51. The van der Waals surface area contributed by atoms with E-state index in [-0.39, 0.29) is 0 Å². The first-order valence-corrected chi connectivity index (χ1v) is 5.17. The second-order valence-corrected chi connectivity index (χ2v) is 3.38. The van der Waals surface area contributed by atoms with Gasteiger partial charge in [-0.15, -0.1) is 0 Å². The fourth-order valence-electron chi connectivity index (χ4n) is 1.40. The zero-order valence-corrected chi connectivity index (χ0v) is 9.49. The standard InChI is InChI=1S/C12H17NO2/c1-4-10-6-7-12(15-9-14)11(8-10)13(3)5-2/h6-9H,4-5H2,1-3H3. The number of rotatable bonds is 5. The summed E-state index contributed by atoms with van der Waals surface area (Å²) in [4.78, 5) is 12.4. The molecule has 0 aromatic heterocycles. The normalized spacial score (nSPS) is 9.80. The van der Waals surface area contributed by atoms with E-state index in [4.69, 9.17) is 4.74 Å². The molecule has 0 spiro atoms. The molecule has 3 nitrogen and oxygen atoms in total. The van der Waals surface area contributed by atoms with Gasteiger partial charge in [0.05, 0.1) is 5.69 Å². The Kier molecular flexibility index (Phi) is 4.16. The van der Waals surface area contributed by atoms with Crippen molar-refractivity contribution in [2.75, 3.05) is 18.5 Å². The number of carbonyl (C=O) groups is 1. The van der Waals surface area contributed by atoms with Crippen LogP contribution in [0.1, 0.15) is 19.4 Å². The maximum atomic E-state index is 10.4. The summed E-state index contributed by atoms with van der Waals surface area (Å²) in [5, 5.41) is 0. The molecule has 1 aromatic carbocycles. The third kappa shape index (κ3) is 2.72. The molecule has 0 bridgehead atoms. The maximum absolute atomic E-state index is 10.4. The van der Waals surface area contributed by atoms with E-state index in [9.17, 15) is 4.79 Å². The van der Waals surface area contributed by atoms with Gasteiger partial charge in [0.15, 0.2) is 5.75 Å². The molecule has 0 fully saturated rings. The molecule has 3 heteroatoms. The number of benzene rings is 1. The summed E-state index contributed by atoms with van der Waals surface area (Å²) in [5.41, 5.74) is 2.20. The molecule has 0 unspecified atom stereocenters. The van der Waals surface area contributed by atoms with Crippen LogP contribution in [0.25, 0.3) is 0 Å². The van der Waals surface area contributed by atoms with E-state index in [1.54, 1.807) is 0 Å². The molecule has 0 amide bonds. The van der Waals surface area contributed by atoms with Gasteiger partial charge in [0.2, 0.25) is 0 Å². The van der Waals surface area contributed by atoms with E-state index in [1.807, 2.05) is 19.2 Å². The first-order chi connectivity index (χ1) is 7.22. The smallest absolute Gasteiger partial charge is 0.298 e. The fraction of sp³-hybridized carbons (Fsp3) is 0.417. The molecule has 0 saturated carbocycles. The predicted octanol–water partition coefficient (Wildman–Crippen LogP) is 2.24. The third-order valence-corrected chi connectivity index (χ3v) is 2.49. The monoisotopic (exact) mass is 207 g/mol. The van der Waals surface area contributed by atoms with Crippen molar-refractivity contribution in [3.05, 3.63) is 23.8 Å². The van der Waals surface area contributed by atoms with E-state index in [0.29, 0.717) is 12.2 Å². The summed E-state index contributed by atoms with van der Waals surface area (Å²) in [6.45, 7) is 5.50. The second kappa shape index (κ2) is 5.39. The Bertz CT molecular complexity index is 336. The molecule has 0 aliphatic carbocycles. The van der Waals surface area contributed by atoms with E-state index < -0.39 is 0 Å². The molecule has 1 rings (SSSR count). The molecule has 15 heavy (non-hydrogen) atoms. The number of hydrogen-bond acceptors (Lipinski definition) is 3. The highest BCUT2D eigenvalue weighted by atomic mass is 16.5. The molecule has 0 aliphatic rings. The van der Waals surface area contributed by atoms with Gasteiger partial charge in [-0.2, -0.15) is 0 Å². The van der Waals surface area contributed by atoms with Crippen LogP contribution >= 0.6 is 0 Å². The molecule has 0 saturated heterocycles. The van der Waals surface area contributed by atoms with Crippen LogP contribution in [0.2, 0.25) is 0 Å². The molecule has 0 radical (unpaired) electrons. The number of anilines is 1. The highest BCUT2D eigenvalue weighted by Crippen LogP contribution is 2.28. The Morgan fingerprint density at radius 3 is 2.67 bits per heavy atom. The zero-order valence-electron chi connectivity index (χ0n) is 9.49. The second-order valence-electron chi connectivity index (χ2n) is 3.38. The third-order valence-electron chi connectivity index (χ3n) is 2.49. The van der Waals surface area contributed by atoms with Crippen LogP contribution in [-0.2, 0) is 11.2 Å². The van der Waals surface area contributed by atoms with Crippen molar-refractivity contribution < 1.29 is 9.53 Å². The van der Waals surface area contributed by atoms with Crippen molar-refractivity contribution in [3.8, 4) is 5.75 Å². The van der Waals surface area contributed by atoms with Crippen molar-refractivity contribution in [2.45, 2.75) is 20.3 Å². The Labute approximate surface area is 90.7 Å². The molecule has 0 aliphatic heterocycles. The predicted molar refractivity (Wildman–Crippen MR) is 61.5 cm³/mol. The summed E-state index contributed by atoms with van der Waals surface area (Å²) in [6.07, 6.45) is 0.978. The highest BCUT2D eigenvalue weighted by molar-refractivity contribution is 5.63. The lowest BCUT2D eigenvalue weighted by atomic mass is 10.1. The van der Waals surface area contributed by atoms with Gasteiger partial charge >= 0.3 is 0 Å². The van der Waals surface area contributed by atoms with E-state index in [2.05, 4.69) is 24.8 Å². The molecule has 0 heterocycles. The Balaban J connectivity index is 3.09. The lowest BCUT2D eigenvalue weighted by Gasteiger charge is -2.20. The van der Waals surface area contributed by atoms with Gasteiger partial charge in [-0.05, 0) is 31.0 Å². The first-order valence-electron chi connectivity index (χ1n) is 5.17. The largest absolute Gasteiger partial charge is 0.427 e. The van der Waals surface area contributed by atoms with Gasteiger partial charge in [-0.25, -0.2) is 0 Å². The van der Waals surface area contributed by atoms with Gasteiger partial charge in [0.25, 0.3) is 6.47 Å². The summed E-state index contributed by atoms with van der Waals surface area (Å²) >= 11 is 0. The van der Waals surface area contributed by atoms with Gasteiger partial charge in [-0.1, -0.05) is 13.0 Å². The van der Waals surface area contributed by atoms with Gasteiger partial charge < -0.3 is 9.64 Å². The highest BCUT2D eigenvalue weighted by Gasteiger charge is 2.08. The molecular weight excluding hydrogens is 190 g/mol. The average molecular weight is 207 g/mol. The summed E-state index contributed by atoms with van der Waals surface area (Å²) < 4.78 is 4.94. The summed E-state index contributed by atoms with van der Waals surface area (Å²) in [7, 11) is 1.98. The van der Waals surface area contributed by atoms with E-state index >= 15 is 0 Å². The number of carbonyl (C=O) groups excluding carboxylic acids is 1. The lowest BCUT2D eigenvalue weighted by molar-refractivity contribution is -0.120. The molecule has 82 valence electrons. The number of ether oxygens (including phenoxy) is 1. The summed E-state index contributed by atoms with van der Waals surface area (Å²) in [6, 6.07) is 5.88.